The van der Waals surface area contributed by atoms with E-state index < -0.39 is 25.7 Å². The Morgan fingerprint density at radius 2 is 1.59 bits per heavy atom. The van der Waals surface area contributed by atoms with Crippen LogP contribution in [0.2, 0.25) is 0 Å². The Kier molecular flexibility index (Phi) is 15.6. The van der Waals surface area contributed by atoms with Crippen molar-refractivity contribution in [3.63, 3.8) is 0 Å². The maximum Gasteiger partial charge on any atom is 0.407 e. The van der Waals surface area contributed by atoms with Gasteiger partial charge in [0.15, 0.2) is 0 Å². The summed E-state index contributed by atoms with van der Waals surface area (Å²) in [7, 11) is -3.70. The first-order valence-corrected chi connectivity index (χ1v) is 13.9. The standard InChI is InChI=1S/C25H39N4O7P/c1-5-15-34-24(31)27-14-10-13-26-23(30)22(17-20(3)4)29-37(33,36-16-6-2)19-28-25(32)35-18-21-11-8-7-9-12-21/h5-9,11-12,20,22H,1-2,10,13-19H2,3-4H3,(H,26,30)(H,27,31)(H,28,32)(H,29,33)/t22-,37?/m0/s1. The Bertz CT molecular complexity index is 912. The summed E-state index contributed by atoms with van der Waals surface area (Å²) < 4.78 is 28.9. The van der Waals surface area contributed by atoms with Crippen molar-refractivity contribution in [2.75, 3.05) is 32.6 Å². The van der Waals surface area contributed by atoms with Crippen molar-refractivity contribution in [3.8, 4) is 0 Å². The molecule has 1 rings (SSSR count). The SMILES string of the molecule is C=CCOC(=O)NCCCNC(=O)[C@H](CC(C)C)NP(=O)(CNC(=O)OCc1ccccc1)OCC=C. The Hall–Kier alpha value is -3.14. The Balaban J connectivity index is 2.65. The van der Waals surface area contributed by atoms with Gasteiger partial charge in [0.1, 0.15) is 19.5 Å². The molecule has 0 saturated heterocycles. The van der Waals surface area contributed by atoms with E-state index in [1.54, 1.807) is 0 Å². The number of ether oxygens (including phenoxy) is 2. The summed E-state index contributed by atoms with van der Waals surface area (Å²) >= 11 is 0. The highest BCUT2D eigenvalue weighted by Gasteiger charge is 2.31. The number of amides is 3. The van der Waals surface area contributed by atoms with E-state index in [0.29, 0.717) is 19.4 Å². The van der Waals surface area contributed by atoms with Gasteiger partial charge in [0.25, 0.3) is 7.52 Å². The Morgan fingerprint density at radius 3 is 2.24 bits per heavy atom. The Morgan fingerprint density at radius 1 is 0.946 bits per heavy atom. The summed E-state index contributed by atoms with van der Waals surface area (Å²) in [5.41, 5.74) is 0.805. The van der Waals surface area contributed by atoms with Crippen molar-refractivity contribution in [2.24, 2.45) is 5.92 Å². The smallest absolute Gasteiger partial charge is 0.407 e. The van der Waals surface area contributed by atoms with Gasteiger partial charge in [-0.25, -0.2) is 14.7 Å². The summed E-state index contributed by atoms with van der Waals surface area (Å²) in [5, 5.41) is 10.6. The number of alkyl carbamates (subject to hydrolysis) is 2. The first-order valence-electron chi connectivity index (χ1n) is 12.0. The molecule has 0 fully saturated rings. The summed E-state index contributed by atoms with van der Waals surface area (Å²) in [6.45, 7) is 11.6. The monoisotopic (exact) mass is 538 g/mol. The number of carbonyl (C=O) groups is 3. The molecule has 0 aliphatic carbocycles. The number of hydrogen-bond donors (Lipinski definition) is 4. The van der Waals surface area contributed by atoms with Crippen LogP contribution in [-0.2, 0) is 30.0 Å². The van der Waals surface area contributed by atoms with Crippen LogP contribution in [-0.4, -0.2) is 56.7 Å². The van der Waals surface area contributed by atoms with Crippen molar-refractivity contribution in [1.82, 2.24) is 21.0 Å². The van der Waals surface area contributed by atoms with Gasteiger partial charge in [-0.05, 0) is 24.3 Å². The van der Waals surface area contributed by atoms with Gasteiger partial charge in [-0.3, -0.25) is 9.36 Å². The van der Waals surface area contributed by atoms with Crippen molar-refractivity contribution in [1.29, 1.82) is 0 Å². The molecule has 0 aromatic heterocycles. The number of benzene rings is 1. The molecule has 1 aromatic rings. The van der Waals surface area contributed by atoms with Gasteiger partial charge < -0.3 is 29.9 Å². The topological polar surface area (TPSA) is 144 Å². The van der Waals surface area contributed by atoms with Gasteiger partial charge in [-0.1, -0.05) is 62.9 Å². The molecule has 37 heavy (non-hydrogen) atoms. The van der Waals surface area contributed by atoms with Gasteiger partial charge in [-0.2, -0.15) is 0 Å². The van der Waals surface area contributed by atoms with E-state index in [1.807, 2.05) is 44.2 Å². The van der Waals surface area contributed by atoms with Crippen LogP contribution in [0.1, 0.15) is 32.3 Å². The van der Waals surface area contributed by atoms with E-state index in [9.17, 15) is 18.9 Å². The quantitative estimate of drug-likeness (QED) is 0.126. The molecule has 3 amide bonds. The highest BCUT2D eigenvalue weighted by molar-refractivity contribution is 7.56. The molecule has 4 N–H and O–H groups in total. The zero-order valence-electron chi connectivity index (χ0n) is 21.6. The number of nitrogens with one attached hydrogen (secondary N) is 4. The molecule has 0 aliphatic heterocycles. The van der Waals surface area contributed by atoms with E-state index in [1.165, 1.54) is 12.2 Å². The maximum atomic E-state index is 13.5. The van der Waals surface area contributed by atoms with E-state index in [4.69, 9.17) is 14.0 Å². The fourth-order valence-electron chi connectivity index (χ4n) is 2.97. The molecule has 0 spiro atoms. The minimum absolute atomic E-state index is 0.0470. The highest BCUT2D eigenvalue weighted by atomic mass is 31.2. The molecule has 12 heteroatoms. The molecular formula is C25H39N4O7P. The van der Waals surface area contributed by atoms with Gasteiger partial charge >= 0.3 is 12.2 Å². The number of rotatable bonds is 18. The average Bonchev–Trinajstić information content (AvgIpc) is 2.88. The third-order valence-corrected chi connectivity index (χ3v) is 6.52. The van der Waals surface area contributed by atoms with Gasteiger partial charge in [-0.15, -0.1) is 6.58 Å². The molecule has 1 unspecified atom stereocenters. The minimum Gasteiger partial charge on any atom is -0.445 e. The highest BCUT2D eigenvalue weighted by Crippen LogP contribution is 2.42. The van der Waals surface area contributed by atoms with Gasteiger partial charge in [0.05, 0.1) is 12.6 Å². The molecule has 2 atom stereocenters. The van der Waals surface area contributed by atoms with E-state index >= 15 is 0 Å². The zero-order chi connectivity index (χ0) is 27.5. The fraction of sp³-hybridized carbons (Fsp3) is 0.480. The lowest BCUT2D eigenvalue weighted by atomic mass is 10.0. The lowest BCUT2D eigenvalue weighted by Gasteiger charge is -2.26. The van der Waals surface area contributed by atoms with Crippen LogP contribution >= 0.6 is 7.52 Å². The van der Waals surface area contributed by atoms with Crippen LogP contribution in [0.3, 0.4) is 0 Å². The van der Waals surface area contributed by atoms with Crippen LogP contribution in [0.5, 0.6) is 0 Å². The predicted molar refractivity (Wildman–Crippen MR) is 142 cm³/mol. The normalized spacial score (nSPS) is 13.1. The third kappa shape index (κ3) is 14.9. The predicted octanol–water partition coefficient (Wildman–Crippen LogP) is 3.69. The molecule has 0 bridgehead atoms. The molecule has 0 radical (unpaired) electrons. The van der Waals surface area contributed by atoms with Crippen LogP contribution in [0.4, 0.5) is 9.59 Å². The summed E-state index contributed by atoms with van der Waals surface area (Å²) in [6.07, 6.45) is 2.00. The van der Waals surface area contributed by atoms with Crippen LogP contribution < -0.4 is 21.0 Å². The summed E-state index contributed by atoms with van der Waals surface area (Å²) in [6, 6.07) is 8.28. The number of carbonyl (C=O) groups excluding carboxylic acids is 3. The molecule has 1 aromatic carbocycles. The first-order chi connectivity index (χ1) is 17.7. The van der Waals surface area contributed by atoms with Gasteiger partial charge in [0.2, 0.25) is 5.91 Å². The lowest BCUT2D eigenvalue weighted by molar-refractivity contribution is -0.123. The van der Waals surface area contributed by atoms with Crippen LogP contribution in [0, 0.1) is 5.92 Å². The van der Waals surface area contributed by atoms with Crippen molar-refractivity contribution < 1.29 is 32.9 Å². The lowest BCUT2D eigenvalue weighted by Crippen LogP contribution is -2.45. The second-order valence-electron chi connectivity index (χ2n) is 8.42. The first kappa shape index (κ1) is 31.9. The van der Waals surface area contributed by atoms with E-state index in [-0.39, 0.29) is 44.5 Å². The fourth-order valence-corrected chi connectivity index (χ4v) is 4.61. The van der Waals surface area contributed by atoms with Gasteiger partial charge in [0, 0.05) is 13.1 Å². The van der Waals surface area contributed by atoms with E-state index in [0.717, 1.165) is 5.56 Å². The third-order valence-electron chi connectivity index (χ3n) is 4.68. The molecule has 11 nitrogen and oxygen atoms in total. The van der Waals surface area contributed by atoms with Crippen molar-refractivity contribution in [2.45, 2.75) is 39.3 Å². The maximum absolute atomic E-state index is 13.5. The average molecular weight is 539 g/mol. The molecule has 0 aliphatic rings. The molecule has 0 heterocycles. The van der Waals surface area contributed by atoms with E-state index in [2.05, 4.69) is 34.2 Å². The summed E-state index contributed by atoms with van der Waals surface area (Å²) in [4.78, 5) is 36.4. The minimum atomic E-state index is -3.70. The van der Waals surface area contributed by atoms with Crippen molar-refractivity contribution >= 4 is 25.6 Å². The second-order valence-corrected chi connectivity index (χ2v) is 10.6. The largest absolute Gasteiger partial charge is 0.445 e. The molecule has 206 valence electrons. The Labute approximate surface area is 218 Å². The summed E-state index contributed by atoms with van der Waals surface area (Å²) in [5.74, 6) is -0.279. The van der Waals surface area contributed by atoms with Crippen molar-refractivity contribution in [3.05, 3.63) is 61.2 Å². The molecule has 0 saturated carbocycles. The number of hydrogen-bond acceptors (Lipinski definition) is 7. The second kappa shape index (κ2) is 18.2. The molecular weight excluding hydrogens is 499 g/mol. The zero-order valence-corrected chi connectivity index (χ0v) is 22.5. The van der Waals surface area contributed by atoms with Crippen LogP contribution in [0.15, 0.2) is 55.6 Å². The van der Waals surface area contributed by atoms with Crippen LogP contribution in [0.25, 0.3) is 0 Å².